The van der Waals surface area contributed by atoms with Crippen LogP contribution >= 0.6 is 38.9 Å². The lowest BCUT2D eigenvalue weighted by Crippen LogP contribution is -2.15. The highest BCUT2D eigenvalue weighted by Gasteiger charge is 2.13. The number of benzene rings is 1. The molecule has 3 nitrogen and oxygen atoms in total. The van der Waals surface area contributed by atoms with E-state index in [4.69, 9.17) is 11.6 Å². The number of halogens is 2. The fourth-order valence-electron chi connectivity index (χ4n) is 1.54. The summed E-state index contributed by atoms with van der Waals surface area (Å²) in [5.41, 5.74) is 1.74. The fraction of sp³-hybridized carbons (Fsp3) is 0.250. The molecule has 0 fully saturated rings. The topological polar surface area (TPSA) is 45.2 Å². The molecular formula is C12H12BrClN2OS. The Hall–Kier alpha value is -0.620. The van der Waals surface area contributed by atoms with Crippen LogP contribution in [0.25, 0.3) is 0 Å². The zero-order valence-electron chi connectivity index (χ0n) is 9.65. The summed E-state index contributed by atoms with van der Waals surface area (Å²) in [6.07, 6.45) is 0. The van der Waals surface area contributed by atoms with Crippen molar-refractivity contribution in [3.8, 4) is 0 Å². The fourth-order valence-corrected chi connectivity index (χ4v) is 2.70. The summed E-state index contributed by atoms with van der Waals surface area (Å²) in [7, 11) is 0. The van der Waals surface area contributed by atoms with E-state index in [0.717, 1.165) is 20.9 Å². The number of hydrogen-bond acceptors (Lipinski definition) is 4. The Morgan fingerprint density at radius 2 is 2.33 bits per heavy atom. The van der Waals surface area contributed by atoms with Crippen LogP contribution in [0.2, 0.25) is 5.02 Å². The second kappa shape index (κ2) is 6.02. The molecule has 0 saturated carbocycles. The third kappa shape index (κ3) is 3.23. The SMILES string of the molecule is Cc1nc(C(CO)Nc2ccc(Cl)c(Br)c2)cs1. The summed E-state index contributed by atoms with van der Waals surface area (Å²) in [6.45, 7) is 1.94. The van der Waals surface area contributed by atoms with Gasteiger partial charge in [-0.1, -0.05) is 11.6 Å². The summed E-state index contributed by atoms with van der Waals surface area (Å²) in [5.74, 6) is 0. The molecule has 18 heavy (non-hydrogen) atoms. The zero-order valence-corrected chi connectivity index (χ0v) is 12.8. The van der Waals surface area contributed by atoms with Crippen LogP contribution in [0.5, 0.6) is 0 Å². The number of aliphatic hydroxyl groups is 1. The number of aliphatic hydroxyl groups excluding tert-OH is 1. The van der Waals surface area contributed by atoms with Crippen molar-refractivity contribution in [3.05, 3.63) is 43.8 Å². The van der Waals surface area contributed by atoms with E-state index in [0.29, 0.717) is 5.02 Å². The Balaban J connectivity index is 2.17. The molecule has 0 aliphatic rings. The molecule has 0 aliphatic carbocycles. The van der Waals surface area contributed by atoms with Crippen LogP contribution in [0.1, 0.15) is 16.7 Å². The Kier molecular flexibility index (Phi) is 4.61. The second-order valence-corrected chi connectivity index (χ2v) is 6.12. The Morgan fingerprint density at radius 1 is 1.56 bits per heavy atom. The van der Waals surface area contributed by atoms with Crippen molar-refractivity contribution in [2.45, 2.75) is 13.0 Å². The molecule has 96 valence electrons. The highest BCUT2D eigenvalue weighted by Crippen LogP contribution is 2.28. The molecule has 1 unspecified atom stereocenters. The quantitative estimate of drug-likeness (QED) is 0.878. The highest BCUT2D eigenvalue weighted by atomic mass is 79.9. The summed E-state index contributed by atoms with van der Waals surface area (Å²) in [4.78, 5) is 4.38. The summed E-state index contributed by atoms with van der Waals surface area (Å²) in [5, 5.41) is 16.3. The van der Waals surface area contributed by atoms with Gasteiger partial charge in [0.2, 0.25) is 0 Å². The van der Waals surface area contributed by atoms with Gasteiger partial charge in [0, 0.05) is 15.5 Å². The van der Waals surface area contributed by atoms with E-state index >= 15 is 0 Å². The number of nitrogens with one attached hydrogen (secondary N) is 1. The summed E-state index contributed by atoms with van der Waals surface area (Å²) >= 11 is 10.9. The van der Waals surface area contributed by atoms with E-state index < -0.39 is 0 Å². The molecule has 2 rings (SSSR count). The van der Waals surface area contributed by atoms with Crippen LogP contribution in [-0.4, -0.2) is 16.7 Å². The normalized spacial score (nSPS) is 12.4. The van der Waals surface area contributed by atoms with Gasteiger partial charge in [0.25, 0.3) is 0 Å². The first kappa shape index (κ1) is 13.8. The minimum atomic E-state index is -0.206. The number of aromatic nitrogens is 1. The lowest BCUT2D eigenvalue weighted by Gasteiger charge is -2.16. The first-order chi connectivity index (χ1) is 8.60. The van der Waals surface area contributed by atoms with Crippen molar-refractivity contribution >= 4 is 44.6 Å². The van der Waals surface area contributed by atoms with Crippen molar-refractivity contribution in [1.29, 1.82) is 0 Å². The van der Waals surface area contributed by atoms with Crippen molar-refractivity contribution in [2.75, 3.05) is 11.9 Å². The summed E-state index contributed by atoms with van der Waals surface area (Å²) in [6, 6.07) is 5.34. The van der Waals surface area contributed by atoms with Crippen molar-refractivity contribution in [2.24, 2.45) is 0 Å². The number of nitrogens with zero attached hydrogens (tertiary/aromatic N) is 1. The maximum atomic E-state index is 9.44. The maximum Gasteiger partial charge on any atom is 0.0926 e. The number of aryl methyl sites for hydroxylation is 1. The average Bonchev–Trinajstić information content (AvgIpc) is 2.77. The predicted molar refractivity (Wildman–Crippen MR) is 79.5 cm³/mol. The molecule has 1 aromatic heterocycles. The lowest BCUT2D eigenvalue weighted by atomic mass is 10.2. The molecule has 0 radical (unpaired) electrons. The van der Waals surface area contributed by atoms with Gasteiger partial charge in [-0.25, -0.2) is 4.98 Å². The Morgan fingerprint density at radius 3 is 2.89 bits per heavy atom. The van der Waals surface area contributed by atoms with Gasteiger partial charge in [0.1, 0.15) is 0 Å². The number of anilines is 1. The zero-order chi connectivity index (χ0) is 13.1. The van der Waals surface area contributed by atoms with E-state index in [9.17, 15) is 5.11 Å². The molecule has 6 heteroatoms. The van der Waals surface area contributed by atoms with Crippen LogP contribution in [0.3, 0.4) is 0 Å². The molecule has 1 aromatic carbocycles. The standard InChI is InChI=1S/C12H12BrClN2OS/c1-7-15-12(6-18-7)11(5-17)16-8-2-3-10(14)9(13)4-8/h2-4,6,11,16-17H,5H2,1H3. The molecule has 0 spiro atoms. The third-order valence-corrected chi connectivity index (χ3v) is 4.44. The van der Waals surface area contributed by atoms with Crippen molar-refractivity contribution in [3.63, 3.8) is 0 Å². The van der Waals surface area contributed by atoms with E-state index in [-0.39, 0.29) is 12.6 Å². The Bertz CT molecular complexity index is 547. The molecule has 1 heterocycles. The smallest absolute Gasteiger partial charge is 0.0926 e. The van der Waals surface area contributed by atoms with Crippen molar-refractivity contribution < 1.29 is 5.11 Å². The average molecular weight is 348 g/mol. The van der Waals surface area contributed by atoms with E-state index in [1.54, 1.807) is 17.4 Å². The van der Waals surface area contributed by atoms with E-state index in [1.165, 1.54) is 0 Å². The molecular weight excluding hydrogens is 336 g/mol. The molecule has 2 N–H and O–H groups in total. The molecule has 0 amide bonds. The predicted octanol–water partition coefficient (Wildman–Crippen LogP) is 4.01. The van der Waals surface area contributed by atoms with Gasteiger partial charge < -0.3 is 10.4 Å². The minimum Gasteiger partial charge on any atom is -0.394 e. The first-order valence-corrected chi connectivity index (χ1v) is 7.39. The number of rotatable bonds is 4. The highest BCUT2D eigenvalue weighted by molar-refractivity contribution is 9.10. The first-order valence-electron chi connectivity index (χ1n) is 5.34. The number of thiazole rings is 1. The van der Waals surface area contributed by atoms with Gasteiger partial charge in [0.15, 0.2) is 0 Å². The lowest BCUT2D eigenvalue weighted by molar-refractivity contribution is 0.274. The van der Waals surface area contributed by atoms with Gasteiger partial charge in [-0.2, -0.15) is 0 Å². The molecule has 2 aromatic rings. The molecule has 0 aliphatic heterocycles. The van der Waals surface area contributed by atoms with Gasteiger partial charge in [0.05, 0.1) is 28.4 Å². The molecule has 0 bridgehead atoms. The minimum absolute atomic E-state index is 0.0105. The van der Waals surface area contributed by atoms with Crippen molar-refractivity contribution in [1.82, 2.24) is 4.98 Å². The van der Waals surface area contributed by atoms with E-state index in [2.05, 4.69) is 26.2 Å². The largest absolute Gasteiger partial charge is 0.394 e. The van der Waals surface area contributed by atoms with Crippen LogP contribution < -0.4 is 5.32 Å². The molecule has 0 saturated heterocycles. The monoisotopic (exact) mass is 346 g/mol. The Labute approximate surface area is 123 Å². The maximum absolute atomic E-state index is 9.44. The number of hydrogen-bond donors (Lipinski definition) is 2. The van der Waals surface area contributed by atoms with Gasteiger partial charge >= 0.3 is 0 Å². The van der Waals surface area contributed by atoms with Gasteiger partial charge in [-0.15, -0.1) is 11.3 Å². The van der Waals surface area contributed by atoms with E-state index in [1.807, 2.05) is 24.4 Å². The van der Waals surface area contributed by atoms with Crippen LogP contribution in [-0.2, 0) is 0 Å². The van der Waals surface area contributed by atoms with Crippen LogP contribution in [0.15, 0.2) is 28.1 Å². The van der Waals surface area contributed by atoms with Gasteiger partial charge in [-0.3, -0.25) is 0 Å². The molecule has 1 atom stereocenters. The summed E-state index contributed by atoms with van der Waals surface area (Å²) < 4.78 is 0.820. The van der Waals surface area contributed by atoms with Gasteiger partial charge in [-0.05, 0) is 41.1 Å². The second-order valence-electron chi connectivity index (χ2n) is 3.80. The third-order valence-electron chi connectivity index (χ3n) is 2.44. The van der Waals surface area contributed by atoms with Crippen LogP contribution in [0, 0.1) is 6.92 Å². The van der Waals surface area contributed by atoms with Crippen LogP contribution in [0.4, 0.5) is 5.69 Å².